The summed E-state index contributed by atoms with van der Waals surface area (Å²) < 4.78 is 23.8. The zero-order valence-electron chi connectivity index (χ0n) is 14.3. The largest absolute Gasteiger partial charge is 0.465 e. The van der Waals surface area contributed by atoms with E-state index in [1.165, 1.54) is 6.33 Å². The van der Waals surface area contributed by atoms with Crippen molar-refractivity contribution in [2.24, 2.45) is 0 Å². The Hall–Kier alpha value is -2.95. The van der Waals surface area contributed by atoms with Crippen molar-refractivity contribution in [1.29, 1.82) is 0 Å². The minimum Gasteiger partial charge on any atom is -0.465 e. The Kier molecular flexibility index (Phi) is 4.52. The van der Waals surface area contributed by atoms with Crippen LogP contribution >= 0.6 is 0 Å². The number of nitrogens with zero attached hydrogens (tertiary/aromatic N) is 2. The maximum atomic E-state index is 12.4. The van der Waals surface area contributed by atoms with Gasteiger partial charge < -0.3 is 9.47 Å². The summed E-state index contributed by atoms with van der Waals surface area (Å²) in [6, 6.07) is 15.2. The molecule has 5 heteroatoms. The van der Waals surface area contributed by atoms with Gasteiger partial charge in [0.1, 0.15) is 17.7 Å². The molecule has 1 atom stereocenters. The van der Waals surface area contributed by atoms with Crippen molar-refractivity contribution in [1.82, 2.24) is 9.97 Å². The van der Waals surface area contributed by atoms with Crippen molar-refractivity contribution in [2.45, 2.75) is 24.9 Å². The lowest BCUT2D eigenvalue weighted by Crippen LogP contribution is -2.34. The van der Waals surface area contributed by atoms with Gasteiger partial charge in [0.05, 0.1) is 10.9 Å². The molecule has 26 heavy (non-hydrogen) atoms. The molecule has 0 radical (unpaired) electrons. The van der Waals surface area contributed by atoms with E-state index < -0.39 is 12.5 Å². The molecule has 1 heterocycles. The smallest absolute Gasteiger partial charge is 0.228 e. The lowest BCUT2D eigenvalue weighted by atomic mass is 9.82. The van der Waals surface area contributed by atoms with E-state index in [9.17, 15) is 4.39 Å². The number of benzene rings is 2. The number of halogens is 1. The quantitative estimate of drug-likeness (QED) is 0.611. The molecule has 4 nitrogen and oxygen atoms in total. The number of para-hydroxylation sites is 1. The number of fused-ring (bicyclic) bond motifs is 1. The lowest BCUT2D eigenvalue weighted by molar-refractivity contribution is 0.0527. The molecule has 1 unspecified atom stereocenters. The predicted octanol–water partition coefficient (Wildman–Crippen LogP) is 4.95. The summed E-state index contributed by atoms with van der Waals surface area (Å²) in [5.41, 5.74) is 1.36. The minimum absolute atomic E-state index is 0.505. The number of alkyl halides is 1. The Bertz CT molecular complexity index is 921. The van der Waals surface area contributed by atoms with Gasteiger partial charge in [-0.1, -0.05) is 36.4 Å². The van der Waals surface area contributed by atoms with Gasteiger partial charge in [-0.25, -0.2) is 14.4 Å². The van der Waals surface area contributed by atoms with Crippen molar-refractivity contribution < 1.29 is 13.9 Å². The summed E-state index contributed by atoms with van der Waals surface area (Å²) in [5, 5.41) is 0.890. The van der Waals surface area contributed by atoms with Crippen molar-refractivity contribution in [3.63, 3.8) is 0 Å². The predicted molar refractivity (Wildman–Crippen MR) is 97.9 cm³/mol. The maximum Gasteiger partial charge on any atom is 0.228 e. The van der Waals surface area contributed by atoms with Gasteiger partial charge in [-0.2, -0.15) is 0 Å². The first-order chi connectivity index (χ1) is 12.8. The van der Waals surface area contributed by atoms with E-state index in [2.05, 4.69) is 22.1 Å². The average Bonchev–Trinajstić information content (AvgIpc) is 2.70. The van der Waals surface area contributed by atoms with Crippen LogP contribution in [0.1, 0.15) is 24.8 Å². The van der Waals surface area contributed by atoms with Crippen LogP contribution < -0.4 is 9.47 Å². The molecule has 1 aromatic heterocycles. The highest BCUT2D eigenvalue weighted by atomic mass is 19.1. The summed E-state index contributed by atoms with van der Waals surface area (Å²) in [7, 11) is 0. The molecule has 1 aliphatic rings. The van der Waals surface area contributed by atoms with Crippen molar-refractivity contribution in [2.75, 3.05) is 6.86 Å². The molecule has 0 aliphatic heterocycles. The van der Waals surface area contributed by atoms with Crippen LogP contribution in [0.5, 0.6) is 11.6 Å². The molecule has 0 N–H and O–H groups in total. The van der Waals surface area contributed by atoms with Crippen LogP contribution in [0.15, 0.2) is 67.0 Å². The van der Waals surface area contributed by atoms with Crippen molar-refractivity contribution in [3.05, 3.63) is 72.6 Å². The summed E-state index contributed by atoms with van der Waals surface area (Å²) >= 11 is 0. The van der Waals surface area contributed by atoms with Gasteiger partial charge >= 0.3 is 0 Å². The van der Waals surface area contributed by atoms with E-state index in [4.69, 9.17) is 9.47 Å². The Morgan fingerprint density at radius 3 is 2.62 bits per heavy atom. The third-order valence-electron chi connectivity index (χ3n) is 4.73. The monoisotopic (exact) mass is 350 g/mol. The van der Waals surface area contributed by atoms with Gasteiger partial charge in [0, 0.05) is 6.42 Å². The molecule has 0 spiro atoms. The number of hydrogen-bond donors (Lipinski definition) is 0. The van der Waals surface area contributed by atoms with Crippen molar-refractivity contribution >= 4 is 10.9 Å². The first-order valence-electron chi connectivity index (χ1n) is 8.64. The molecule has 0 saturated carbocycles. The normalized spacial score (nSPS) is 19.4. The minimum atomic E-state index is -0.837. The Balaban J connectivity index is 1.73. The van der Waals surface area contributed by atoms with E-state index in [-0.39, 0.29) is 0 Å². The Labute approximate surface area is 151 Å². The van der Waals surface area contributed by atoms with Gasteiger partial charge in [-0.15, -0.1) is 0 Å². The van der Waals surface area contributed by atoms with Gasteiger partial charge in [0.15, 0.2) is 0 Å². The number of allylic oxidation sites excluding steroid dienone is 1. The average molecular weight is 350 g/mol. The van der Waals surface area contributed by atoms with Gasteiger partial charge in [0.25, 0.3) is 0 Å². The standard InChI is InChI=1S/C21H19FN2O2/c22-14-25-17-10-8-16(9-11-17)21(12-4-1-5-13-21)26-20-18-6-2-3-7-19(18)23-15-24-20/h1-4,6-11,15H,5,12-14H2. The highest BCUT2D eigenvalue weighted by Crippen LogP contribution is 2.40. The zero-order valence-corrected chi connectivity index (χ0v) is 14.3. The first kappa shape index (κ1) is 16.5. The second kappa shape index (κ2) is 7.12. The summed E-state index contributed by atoms with van der Waals surface area (Å²) in [6.45, 7) is -0.837. The highest BCUT2D eigenvalue weighted by molar-refractivity contribution is 5.83. The van der Waals surface area contributed by atoms with Crippen LogP contribution in [-0.4, -0.2) is 16.8 Å². The molecule has 0 fully saturated rings. The maximum absolute atomic E-state index is 12.4. The lowest BCUT2D eigenvalue weighted by Gasteiger charge is -2.36. The van der Waals surface area contributed by atoms with Gasteiger partial charge in [-0.05, 0) is 42.7 Å². The van der Waals surface area contributed by atoms with E-state index >= 15 is 0 Å². The molecular weight excluding hydrogens is 331 g/mol. The van der Waals surface area contributed by atoms with Crippen LogP contribution in [0.3, 0.4) is 0 Å². The van der Waals surface area contributed by atoms with Gasteiger partial charge in [-0.3, -0.25) is 0 Å². The molecule has 0 amide bonds. The third-order valence-corrected chi connectivity index (χ3v) is 4.73. The summed E-state index contributed by atoms with van der Waals surface area (Å²) in [6.07, 6.45) is 8.34. The fourth-order valence-electron chi connectivity index (χ4n) is 3.39. The number of rotatable bonds is 5. The van der Waals surface area contributed by atoms with Crippen LogP contribution in [0, 0.1) is 0 Å². The third kappa shape index (κ3) is 3.12. The SMILES string of the molecule is FCOc1ccc(C2(Oc3ncnc4ccccc34)CC=CCC2)cc1. The van der Waals surface area contributed by atoms with E-state index in [0.29, 0.717) is 11.6 Å². The van der Waals surface area contributed by atoms with Crippen LogP contribution in [0.25, 0.3) is 10.9 Å². The number of hydrogen-bond acceptors (Lipinski definition) is 4. The van der Waals surface area contributed by atoms with Crippen molar-refractivity contribution in [3.8, 4) is 11.6 Å². The highest BCUT2D eigenvalue weighted by Gasteiger charge is 2.35. The fraction of sp³-hybridized carbons (Fsp3) is 0.238. The van der Waals surface area contributed by atoms with E-state index in [1.54, 1.807) is 12.1 Å². The Morgan fingerprint density at radius 2 is 1.85 bits per heavy atom. The first-order valence-corrected chi connectivity index (χ1v) is 8.64. The number of ether oxygens (including phenoxy) is 2. The molecule has 132 valence electrons. The topological polar surface area (TPSA) is 44.2 Å². The van der Waals surface area contributed by atoms with Crippen LogP contribution in [0.2, 0.25) is 0 Å². The van der Waals surface area contributed by atoms with Gasteiger partial charge in [0.2, 0.25) is 12.7 Å². The number of aromatic nitrogens is 2. The van der Waals surface area contributed by atoms with E-state index in [1.807, 2.05) is 36.4 Å². The summed E-state index contributed by atoms with van der Waals surface area (Å²) in [5.74, 6) is 1.08. The second-order valence-electron chi connectivity index (χ2n) is 6.28. The molecule has 3 aromatic rings. The fourth-order valence-corrected chi connectivity index (χ4v) is 3.39. The summed E-state index contributed by atoms with van der Waals surface area (Å²) in [4.78, 5) is 8.69. The molecular formula is C21H19FN2O2. The second-order valence-corrected chi connectivity index (χ2v) is 6.28. The molecule has 0 saturated heterocycles. The van der Waals surface area contributed by atoms with Crippen LogP contribution in [-0.2, 0) is 5.60 Å². The Morgan fingerprint density at radius 1 is 1.00 bits per heavy atom. The van der Waals surface area contributed by atoms with Crippen LogP contribution in [0.4, 0.5) is 4.39 Å². The van der Waals surface area contributed by atoms with E-state index in [0.717, 1.165) is 35.7 Å². The molecule has 0 bridgehead atoms. The zero-order chi connectivity index (χ0) is 17.8. The molecule has 2 aromatic carbocycles. The molecule has 4 rings (SSSR count). The molecule has 1 aliphatic carbocycles.